The predicted octanol–water partition coefficient (Wildman–Crippen LogP) is 2.92. The first kappa shape index (κ1) is 21.7. The molecule has 0 aromatic heterocycles. The van der Waals surface area contributed by atoms with E-state index in [1.54, 1.807) is 0 Å². The van der Waals surface area contributed by atoms with E-state index >= 15 is 0 Å². The molecule has 1 heterocycles. The number of nitrogens with one attached hydrogen (secondary N) is 2. The normalized spacial score (nSPS) is 15.4. The van der Waals surface area contributed by atoms with Crippen LogP contribution in [0.5, 0.6) is 0 Å². The molecule has 0 unspecified atom stereocenters. The highest BCUT2D eigenvalue weighted by atomic mass is 35.5. The van der Waals surface area contributed by atoms with Gasteiger partial charge < -0.3 is 4.90 Å². The van der Waals surface area contributed by atoms with Crippen molar-refractivity contribution in [1.29, 1.82) is 0 Å². The maximum Gasteiger partial charge on any atom is 0.417 e. The Balaban J connectivity index is 1.86. The van der Waals surface area contributed by atoms with Crippen LogP contribution in [0.25, 0.3) is 6.08 Å². The monoisotopic (exact) mass is 417 g/mol. The number of alkyl halides is 3. The number of halogens is 4. The maximum atomic E-state index is 12.8. The van der Waals surface area contributed by atoms with E-state index in [0.717, 1.165) is 43.5 Å². The van der Waals surface area contributed by atoms with Crippen molar-refractivity contribution < 1.29 is 27.6 Å². The molecule has 1 aromatic carbocycles. The second-order valence-electron chi connectivity index (χ2n) is 6.23. The summed E-state index contributed by atoms with van der Waals surface area (Å²) in [5.74, 6) is -1.41. The van der Waals surface area contributed by atoms with Crippen molar-refractivity contribution in [3.05, 3.63) is 40.4 Å². The second-order valence-corrected chi connectivity index (χ2v) is 6.64. The average Bonchev–Trinajstić information content (AvgIpc) is 2.83. The number of hydrogen-bond acceptors (Lipinski definition) is 3. The van der Waals surface area contributed by atoms with Gasteiger partial charge in [-0.3, -0.25) is 25.2 Å². The highest BCUT2D eigenvalue weighted by molar-refractivity contribution is 6.31. The van der Waals surface area contributed by atoms with Crippen LogP contribution in [0.2, 0.25) is 5.02 Å². The lowest BCUT2D eigenvalue weighted by Gasteiger charge is -2.19. The molecule has 1 aromatic rings. The summed E-state index contributed by atoms with van der Waals surface area (Å²) in [6.07, 6.45) is 0.442. The van der Waals surface area contributed by atoms with Crippen LogP contribution in [0, 0.1) is 0 Å². The molecule has 0 bridgehead atoms. The molecule has 28 heavy (non-hydrogen) atoms. The predicted molar refractivity (Wildman–Crippen MR) is 96.8 cm³/mol. The van der Waals surface area contributed by atoms with Gasteiger partial charge in [0.05, 0.1) is 10.6 Å². The van der Waals surface area contributed by atoms with Crippen LogP contribution in [0.15, 0.2) is 24.3 Å². The lowest BCUT2D eigenvalue weighted by molar-refractivity contribution is -0.137. The van der Waals surface area contributed by atoms with Crippen LogP contribution < -0.4 is 10.9 Å². The number of rotatable bonds is 4. The van der Waals surface area contributed by atoms with Gasteiger partial charge >= 0.3 is 6.18 Å². The van der Waals surface area contributed by atoms with Crippen molar-refractivity contribution in [2.45, 2.75) is 31.9 Å². The Morgan fingerprint density at radius 1 is 1.18 bits per heavy atom. The van der Waals surface area contributed by atoms with Crippen molar-refractivity contribution >= 4 is 35.4 Å². The minimum atomic E-state index is -4.61. The number of amides is 3. The topological polar surface area (TPSA) is 78.5 Å². The van der Waals surface area contributed by atoms with Crippen molar-refractivity contribution in [1.82, 2.24) is 15.8 Å². The van der Waals surface area contributed by atoms with E-state index in [1.165, 1.54) is 11.0 Å². The second kappa shape index (κ2) is 9.59. The van der Waals surface area contributed by atoms with Gasteiger partial charge in [0.25, 0.3) is 11.8 Å². The smallest absolute Gasteiger partial charge is 0.333 e. The van der Waals surface area contributed by atoms with Crippen LogP contribution >= 0.6 is 11.6 Å². The van der Waals surface area contributed by atoms with Crippen LogP contribution in [-0.2, 0) is 20.6 Å². The fourth-order valence-electron chi connectivity index (χ4n) is 2.63. The molecule has 2 N–H and O–H groups in total. The molecular weight excluding hydrogens is 399 g/mol. The number of likely N-dealkylation sites (tertiary alicyclic amines) is 1. The van der Waals surface area contributed by atoms with E-state index < -0.39 is 28.6 Å². The van der Waals surface area contributed by atoms with Gasteiger partial charge in [0.2, 0.25) is 5.91 Å². The molecular formula is C18H19ClF3N3O3. The summed E-state index contributed by atoms with van der Waals surface area (Å²) in [5, 5.41) is -0.440. The maximum absolute atomic E-state index is 12.8. The lowest BCUT2D eigenvalue weighted by atomic mass is 10.1. The van der Waals surface area contributed by atoms with Gasteiger partial charge in [0.1, 0.15) is 6.54 Å². The first-order valence-corrected chi connectivity index (χ1v) is 8.96. The zero-order valence-corrected chi connectivity index (χ0v) is 15.6. The molecule has 1 aliphatic rings. The molecule has 2 rings (SSSR count). The van der Waals surface area contributed by atoms with Crippen LogP contribution in [0.4, 0.5) is 13.2 Å². The van der Waals surface area contributed by atoms with Crippen molar-refractivity contribution in [2.24, 2.45) is 0 Å². The van der Waals surface area contributed by atoms with Gasteiger partial charge in [-0.2, -0.15) is 13.2 Å². The van der Waals surface area contributed by atoms with E-state index in [0.29, 0.717) is 13.0 Å². The van der Waals surface area contributed by atoms with E-state index in [1.807, 2.05) is 0 Å². The average molecular weight is 418 g/mol. The molecule has 152 valence electrons. The highest BCUT2D eigenvalue weighted by Gasteiger charge is 2.33. The number of carbonyl (C=O) groups is 3. The molecule has 3 amide bonds. The Morgan fingerprint density at radius 3 is 2.64 bits per heavy atom. The summed E-state index contributed by atoms with van der Waals surface area (Å²) in [6.45, 7) is 0.313. The Bertz CT molecular complexity index is 781. The van der Waals surface area contributed by atoms with Gasteiger partial charge in [-0.05, 0) is 36.6 Å². The number of benzene rings is 1. The Morgan fingerprint density at radius 2 is 1.93 bits per heavy atom. The zero-order chi connectivity index (χ0) is 20.7. The summed E-state index contributed by atoms with van der Waals surface area (Å²) in [5.41, 5.74) is 3.40. The third-order valence-electron chi connectivity index (χ3n) is 4.05. The van der Waals surface area contributed by atoms with E-state index in [2.05, 4.69) is 10.9 Å². The van der Waals surface area contributed by atoms with Crippen molar-refractivity contribution in [3.8, 4) is 0 Å². The summed E-state index contributed by atoms with van der Waals surface area (Å²) in [4.78, 5) is 36.9. The number of hydrogen-bond donors (Lipinski definition) is 2. The number of hydrazine groups is 1. The van der Waals surface area contributed by atoms with Crippen LogP contribution in [0.3, 0.4) is 0 Å². The lowest BCUT2D eigenvalue weighted by Crippen LogP contribution is -2.47. The van der Waals surface area contributed by atoms with Gasteiger partial charge in [-0.15, -0.1) is 0 Å². The highest BCUT2D eigenvalue weighted by Crippen LogP contribution is 2.35. The summed E-state index contributed by atoms with van der Waals surface area (Å²) >= 11 is 5.53. The molecule has 0 atom stereocenters. The van der Waals surface area contributed by atoms with Gasteiger partial charge in [0.15, 0.2) is 0 Å². The molecule has 6 nitrogen and oxygen atoms in total. The number of nitrogens with zero attached hydrogens (tertiary/aromatic N) is 1. The molecule has 0 radical (unpaired) electrons. The Labute approximate surface area is 164 Å². The zero-order valence-electron chi connectivity index (χ0n) is 14.8. The molecule has 1 aliphatic heterocycles. The Hall–Kier alpha value is -2.55. The van der Waals surface area contributed by atoms with E-state index in [4.69, 9.17) is 11.6 Å². The summed E-state index contributed by atoms with van der Waals surface area (Å²) in [6, 6.07) is 3.22. The molecule has 0 saturated carbocycles. The van der Waals surface area contributed by atoms with Crippen molar-refractivity contribution in [3.63, 3.8) is 0 Å². The van der Waals surface area contributed by atoms with Crippen LogP contribution in [-0.4, -0.2) is 35.7 Å². The third-order valence-corrected chi connectivity index (χ3v) is 4.38. The van der Waals surface area contributed by atoms with Gasteiger partial charge in [-0.25, -0.2) is 0 Å². The Kier molecular flexibility index (Phi) is 7.45. The fraction of sp³-hybridized carbons (Fsp3) is 0.389. The SMILES string of the molecule is O=C(/C=C/c1ccc(Cl)c(C(F)(F)F)c1)NNC(=O)CN1CCCCCC1=O. The molecule has 1 fully saturated rings. The van der Waals surface area contributed by atoms with E-state index in [9.17, 15) is 27.6 Å². The molecule has 1 saturated heterocycles. The molecule has 0 aliphatic carbocycles. The molecule has 0 spiro atoms. The number of carbonyl (C=O) groups excluding carboxylic acids is 3. The van der Waals surface area contributed by atoms with Crippen LogP contribution in [0.1, 0.15) is 36.8 Å². The quantitative estimate of drug-likeness (QED) is 0.584. The van der Waals surface area contributed by atoms with Gasteiger partial charge in [-0.1, -0.05) is 24.1 Å². The van der Waals surface area contributed by atoms with Gasteiger partial charge in [0, 0.05) is 19.0 Å². The molecule has 10 heteroatoms. The minimum absolute atomic E-state index is 0.109. The third kappa shape index (κ3) is 6.56. The largest absolute Gasteiger partial charge is 0.417 e. The first-order chi connectivity index (χ1) is 13.2. The summed E-state index contributed by atoms with van der Waals surface area (Å²) < 4.78 is 38.5. The summed E-state index contributed by atoms with van der Waals surface area (Å²) in [7, 11) is 0. The standard InChI is InChI=1S/C18H19ClF3N3O3/c19-14-7-5-12(10-13(14)18(20,21)22)6-8-15(26)23-24-16(27)11-25-9-3-1-2-4-17(25)28/h5-8,10H,1-4,9,11H2,(H,23,26)(H,24,27)/b8-6+. The first-order valence-electron chi connectivity index (χ1n) is 8.58. The fourth-order valence-corrected chi connectivity index (χ4v) is 2.85. The van der Waals surface area contributed by atoms with E-state index in [-0.39, 0.29) is 18.0 Å². The van der Waals surface area contributed by atoms with Crippen molar-refractivity contribution in [2.75, 3.05) is 13.1 Å². The minimum Gasteiger partial charge on any atom is -0.333 e.